The molecule has 0 bridgehead atoms. The molecule has 0 aromatic carbocycles. The van der Waals surface area contributed by atoms with Gasteiger partial charge in [0.15, 0.2) is 0 Å². The molecule has 0 spiro atoms. The van der Waals surface area contributed by atoms with Crippen molar-refractivity contribution in [2.45, 2.75) is 57.9 Å². The van der Waals surface area contributed by atoms with Gasteiger partial charge in [-0.15, -0.1) is 11.3 Å². The molecule has 1 fully saturated rings. The molecule has 4 heteroatoms. The van der Waals surface area contributed by atoms with Crippen molar-refractivity contribution in [3.8, 4) is 0 Å². The Morgan fingerprint density at radius 3 is 2.80 bits per heavy atom. The van der Waals surface area contributed by atoms with E-state index in [1.807, 2.05) is 0 Å². The predicted octanol–water partition coefficient (Wildman–Crippen LogP) is 3.09. The maximum Gasteiger partial charge on any atom is 0.220 e. The highest BCUT2D eigenvalue weighted by Crippen LogP contribution is 2.38. The molecule has 112 valence electrons. The number of hydrogen-bond acceptors (Lipinski definition) is 3. The van der Waals surface area contributed by atoms with E-state index in [4.69, 9.17) is 5.73 Å². The number of nitrogens with two attached hydrogens (primary N) is 1. The lowest BCUT2D eigenvalue weighted by Crippen LogP contribution is -2.41. The summed E-state index contributed by atoms with van der Waals surface area (Å²) in [7, 11) is 0. The van der Waals surface area contributed by atoms with Crippen molar-refractivity contribution in [2.24, 2.45) is 11.1 Å². The number of carbonyl (C=O) groups excluding carboxylic acids is 1. The first-order valence-electron chi connectivity index (χ1n) is 7.65. The van der Waals surface area contributed by atoms with Crippen LogP contribution in [-0.4, -0.2) is 18.5 Å². The summed E-state index contributed by atoms with van der Waals surface area (Å²) in [5.41, 5.74) is 6.01. The lowest BCUT2D eigenvalue weighted by molar-refractivity contribution is -0.124. The third kappa shape index (κ3) is 4.32. The summed E-state index contributed by atoms with van der Waals surface area (Å²) in [4.78, 5) is 13.6. The molecule has 1 saturated carbocycles. The van der Waals surface area contributed by atoms with Gasteiger partial charge in [-0.3, -0.25) is 4.79 Å². The minimum absolute atomic E-state index is 0.0605. The lowest BCUT2D eigenvalue weighted by atomic mass is 9.71. The van der Waals surface area contributed by atoms with Crippen LogP contribution in [0.25, 0.3) is 0 Å². The lowest BCUT2D eigenvalue weighted by Gasteiger charge is -2.36. The molecule has 1 atom stereocenters. The molecule has 0 saturated heterocycles. The Morgan fingerprint density at radius 2 is 2.20 bits per heavy atom. The quantitative estimate of drug-likeness (QED) is 0.847. The van der Waals surface area contributed by atoms with Gasteiger partial charge in [0.1, 0.15) is 0 Å². The van der Waals surface area contributed by atoms with Crippen molar-refractivity contribution in [3.63, 3.8) is 0 Å². The summed E-state index contributed by atoms with van der Waals surface area (Å²) in [6.45, 7) is 2.72. The zero-order valence-electron chi connectivity index (χ0n) is 12.4. The van der Waals surface area contributed by atoms with Gasteiger partial charge in [-0.2, -0.15) is 0 Å². The maximum atomic E-state index is 12.3. The first kappa shape index (κ1) is 15.5. The van der Waals surface area contributed by atoms with Crippen molar-refractivity contribution in [1.82, 2.24) is 5.32 Å². The third-order valence-electron chi connectivity index (χ3n) is 4.38. The summed E-state index contributed by atoms with van der Waals surface area (Å²) in [6, 6.07) is 4.37. The van der Waals surface area contributed by atoms with Gasteiger partial charge in [-0.1, -0.05) is 25.3 Å². The van der Waals surface area contributed by atoms with Crippen LogP contribution >= 0.6 is 11.3 Å². The largest absolute Gasteiger partial charge is 0.353 e. The molecular weight excluding hydrogens is 268 g/mol. The smallest absolute Gasteiger partial charge is 0.220 e. The number of amides is 1. The Bertz CT molecular complexity index is 410. The molecule has 1 unspecified atom stereocenters. The van der Waals surface area contributed by atoms with Gasteiger partial charge < -0.3 is 11.1 Å². The monoisotopic (exact) mass is 294 g/mol. The van der Waals surface area contributed by atoms with Crippen LogP contribution < -0.4 is 11.1 Å². The van der Waals surface area contributed by atoms with Gasteiger partial charge in [-0.25, -0.2) is 0 Å². The summed E-state index contributed by atoms with van der Waals surface area (Å²) < 4.78 is 0. The van der Waals surface area contributed by atoms with E-state index in [2.05, 4.69) is 29.8 Å². The number of thiophene rings is 1. The van der Waals surface area contributed by atoms with Crippen LogP contribution in [0.3, 0.4) is 0 Å². The van der Waals surface area contributed by atoms with Crippen LogP contribution in [0.5, 0.6) is 0 Å². The number of hydrogen-bond donors (Lipinski definition) is 2. The van der Waals surface area contributed by atoms with Crippen molar-refractivity contribution < 1.29 is 4.79 Å². The van der Waals surface area contributed by atoms with E-state index in [0.29, 0.717) is 13.0 Å². The predicted molar refractivity (Wildman–Crippen MR) is 84.8 cm³/mol. The van der Waals surface area contributed by atoms with Crippen molar-refractivity contribution in [1.29, 1.82) is 0 Å². The van der Waals surface area contributed by atoms with E-state index in [9.17, 15) is 4.79 Å². The third-order valence-corrected chi connectivity index (χ3v) is 5.28. The molecule has 1 aromatic heterocycles. The van der Waals surface area contributed by atoms with E-state index < -0.39 is 0 Å². The second-order valence-electron chi connectivity index (χ2n) is 6.19. The molecule has 1 heterocycles. The van der Waals surface area contributed by atoms with E-state index >= 15 is 0 Å². The van der Waals surface area contributed by atoms with Crippen LogP contribution in [0.2, 0.25) is 0 Å². The molecule has 0 aliphatic heterocycles. The summed E-state index contributed by atoms with van der Waals surface area (Å²) >= 11 is 1.75. The fraction of sp³-hybridized carbons (Fsp3) is 0.688. The van der Waals surface area contributed by atoms with Gasteiger partial charge in [0.05, 0.1) is 0 Å². The van der Waals surface area contributed by atoms with E-state index in [1.165, 1.54) is 24.1 Å². The Balaban J connectivity index is 1.81. The van der Waals surface area contributed by atoms with Gasteiger partial charge in [-0.05, 0) is 43.2 Å². The van der Waals surface area contributed by atoms with Crippen LogP contribution in [0.1, 0.15) is 50.3 Å². The topological polar surface area (TPSA) is 55.1 Å². The van der Waals surface area contributed by atoms with E-state index in [1.54, 1.807) is 11.3 Å². The van der Waals surface area contributed by atoms with Gasteiger partial charge in [0.25, 0.3) is 0 Å². The van der Waals surface area contributed by atoms with Crippen molar-refractivity contribution in [3.05, 3.63) is 22.4 Å². The van der Waals surface area contributed by atoms with E-state index in [0.717, 1.165) is 19.3 Å². The zero-order valence-corrected chi connectivity index (χ0v) is 13.2. The molecule has 1 amide bonds. The summed E-state index contributed by atoms with van der Waals surface area (Å²) in [6.07, 6.45) is 7.45. The minimum Gasteiger partial charge on any atom is -0.353 e. The number of nitrogens with one attached hydrogen (secondary N) is 1. The summed E-state index contributed by atoms with van der Waals surface area (Å²) in [5, 5.41) is 5.22. The Labute approximate surface area is 125 Å². The second kappa shape index (κ2) is 7.23. The normalized spacial score (nSPS) is 19.5. The van der Waals surface area contributed by atoms with Crippen LogP contribution in [0.15, 0.2) is 17.5 Å². The Kier molecular flexibility index (Phi) is 5.61. The standard InChI is InChI=1S/C16H26N2OS/c1-13(10-14-6-5-9-20-14)18-15(19)11-16(12-17)7-3-2-4-8-16/h5-6,9,13H,2-4,7-8,10-12,17H2,1H3,(H,18,19). The average Bonchev–Trinajstić information content (AvgIpc) is 2.92. The van der Waals surface area contributed by atoms with Crippen LogP contribution in [0.4, 0.5) is 0 Å². The maximum absolute atomic E-state index is 12.3. The van der Waals surface area contributed by atoms with Gasteiger partial charge in [0, 0.05) is 23.8 Å². The fourth-order valence-corrected chi connectivity index (χ4v) is 4.04. The highest BCUT2D eigenvalue weighted by Gasteiger charge is 2.33. The molecule has 20 heavy (non-hydrogen) atoms. The Morgan fingerprint density at radius 1 is 1.45 bits per heavy atom. The molecule has 3 nitrogen and oxygen atoms in total. The number of rotatable bonds is 6. The van der Waals surface area contributed by atoms with Crippen LogP contribution in [-0.2, 0) is 11.2 Å². The highest BCUT2D eigenvalue weighted by atomic mass is 32.1. The average molecular weight is 294 g/mol. The fourth-order valence-electron chi connectivity index (χ4n) is 3.20. The zero-order chi connectivity index (χ0) is 14.4. The van der Waals surface area contributed by atoms with Crippen molar-refractivity contribution >= 4 is 17.2 Å². The molecule has 1 aromatic rings. The van der Waals surface area contributed by atoms with Gasteiger partial charge >= 0.3 is 0 Å². The van der Waals surface area contributed by atoms with Crippen LogP contribution in [0, 0.1) is 5.41 Å². The first-order valence-corrected chi connectivity index (χ1v) is 8.53. The Hall–Kier alpha value is -0.870. The molecule has 1 aliphatic carbocycles. The SMILES string of the molecule is CC(Cc1cccs1)NC(=O)CC1(CN)CCCCC1. The van der Waals surface area contributed by atoms with Gasteiger partial charge in [0.2, 0.25) is 5.91 Å². The minimum atomic E-state index is 0.0605. The number of carbonyl (C=O) groups is 1. The first-order chi connectivity index (χ1) is 9.63. The van der Waals surface area contributed by atoms with E-state index in [-0.39, 0.29) is 17.4 Å². The molecule has 3 N–H and O–H groups in total. The molecular formula is C16H26N2OS. The molecule has 1 aliphatic rings. The highest BCUT2D eigenvalue weighted by molar-refractivity contribution is 7.09. The summed E-state index contributed by atoms with van der Waals surface area (Å²) in [5.74, 6) is 0.168. The van der Waals surface area contributed by atoms with Crippen molar-refractivity contribution in [2.75, 3.05) is 6.54 Å². The molecule has 2 rings (SSSR count). The molecule has 0 radical (unpaired) electrons. The second-order valence-corrected chi connectivity index (χ2v) is 7.23.